The zero-order chi connectivity index (χ0) is 15.7. The molecule has 2 aromatic rings. The summed E-state index contributed by atoms with van der Waals surface area (Å²) < 4.78 is 10.8. The maximum atomic E-state index is 5.52. The molecular weight excluding hydrogens is 292 g/mol. The molecule has 1 spiro atoms. The topological polar surface area (TPSA) is 63.4 Å². The van der Waals surface area contributed by atoms with E-state index in [1.165, 1.54) is 19.3 Å². The van der Waals surface area contributed by atoms with Gasteiger partial charge in [-0.1, -0.05) is 17.3 Å². The van der Waals surface area contributed by atoms with Gasteiger partial charge in [-0.2, -0.15) is 4.98 Å². The van der Waals surface area contributed by atoms with Crippen molar-refractivity contribution >= 4 is 6.01 Å². The van der Waals surface area contributed by atoms with Crippen LogP contribution in [-0.2, 0) is 0 Å². The number of aromatic nitrogens is 2. The van der Waals surface area contributed by atoms with Crippen molar-refractivity contribution in [1.82, 2.24) is 15.5 Å². The summed E-state index contributed by atoms with van der Waals surface area (Å²) in [5, 5.41) is 7.59. The minimum absolute atomic E-state index is 0.426. The van der Waals surface area contributed by atoms with Crippen LogP contribution in [0.3, 0.4) is 0 Å². The number of piperidine rings is 1. The molecule has 1 aromatic carbocycles. The fourth-order valence-corrected chi connectivity index (χ4v) is 3.69. The molecule has 122 valence electrons. The van der Waals surface area contributed by atoms with Gasteiger partial charge in [-0.05, 0) is 49.9 Å². The summed E-state index contributed by atoms with van der Waals surface area (Å²) in [6.45, 7) is 4.26. The van der Waals surface area contributed by atoms with Crippen LogP contribution in [0, 0.1) is 5.41 Å². The Morgan fingerprint density at radius 2 is 2.13 bits per heavy atom. The molecule has 0 radical (unpaired) electrons. The van der Waals surface area contributed by atoms with Crippen LogP contribution in [0.4, 0.5) is 6.01 Å². The van der Waals surface area contributed by atoms with Crippen molar-refractivity contribution in [3.05, 3.63) is 24.3 Å². The molecular formula is C17H22N4O2. The van der Waals surface area contributed by atoms with Crippen molar-refractivity contribution in [2.45, 2.75) is 19.3 Å². The summed E-state index contributed by atoms with van der Waals surface area (Å²) in [4.78, 5) is 6.83. The summed E-state index contributed by atoms with van der Waals surface area (Å²) in [5.41, 5.74) is 1.34. The number of benzene rings is 1. The van der Waals surface area contributed by atoms with Crippen molar-refractivity contribution in [1.29, 1.82) is 0 Å². The second-order valence-corrected chi connectivity index (χ2v) is 6.55. The van der Waals surface area contributed by atoms with Gasteiger partial charge in [0.2, 0.25) is 5.82 Å². The van der Waals surface area contributed by atoms with Gasteiger partial charge in [0.05, 0.1) is 7.11 Å². The van der Waals surface area contributed by atoms with Crippen LogP contribution in [0.25, 0.3) is 11.4 Å². The highest BCUT2D eigenvalue weighted by Crippen LogP contribution is 2.40. The number of methoxy groups -OCH3 is 1. The van der Waals surface area contributed by atoms with Crippen molar-refractivity contribution in [2.75, 3.05) is 38.2 Å². The van der Waals surface area contributed by atoms with Crippen LogP contribution in [0.5, 0.6) is 5.75 Å². The third-order valence-electron chi connectivity index (χ3n) is 5.12. The first-order chi connectivity index (χ1) is 11.3. The van der Waals surface area contributed by atoms with Crippen LogP contribution in [0.2, 0.25) is 0 Å². The molecule has 0 bridgehead atoms. The number of ether oxygens (including phenoxy) is 1. The van der Waals surface area contributed by atoms with Crippen LogP contribution in [0.15, 0.2) is 28.8 Å². The Balaban J connectivity index is 1.52. The van der Waals surface area contributed by atoms with Crippen LogP contribution >= 0.6 is 0 Å². The average Bonchev–Trinajstić information content (AvgIpc) is 3.23. The molecule has 2 aliphatic rings. The molecule has 4 rings (SSSR count). The molecule has 0 aliphatic carbocycles. The molecule has 0 atom stereocenters. The Bertz CT molecular complexity index is 679. The van der Waals surface area contributed by atoms with Gasteiger partial charge in [0.15, 0.2) is 0 Å². The first-order valence-corrected chi connectivity index (χ1v) is 8.22. The number of hydrogen-bond donors (Lipinski definition) is 1. The number of nitrogens with zero attached hydrogens (tertiary/aromatic N) is 3. The van der Waals surface area contributed by atoms with Crippen molar-refractivity contribution < 1.29 is 9.26 Å². The lowest BCUT2D eigenvalue weighted by Crippen LogP contribution is -2.38. The Morgan fingerprint density at radius 3 is 2.96 bits per heavy atom. The quantitative estimate of drug-likeness (QED) is 0.938. The fourth-order valence-electron chi connectivity index (χ4n) is 3.69. The normalized spacial score (nSPS) is 20.1. The summed E-state index contributed by atoms with van der Waals surface area (Å²) in [5.74, 6) is 1.41. The Morgan fingerprint density at radius 1 is 1.26 bits per heavy atom. The van der Waals surface area contributed by atoms with Gasteiger partial charge >= 0.3 is 6.01 Å². The van der Waals surface area contributed by atoms with Crippen molar-refractivity contribution in [3.63, 3.8) is 0 Å². The van der Waals surface area contributed by atoms with E-state index in [-0.39, 0.29) is 0 Å². The van der Waals surface area contributed by atoms with Gasteiger partial charge in [-0.3, -0.25) is 0 Å². The summed E-state index contributed by atoms with van der Waals surface area (Å²) in [6.07, 6.45) is 3.69. The van der Waals surface area contributed by atoms with Crippen molar-refractivity contribution in [2.24, 2.45) is 5.41 Å². The predicted molar refractivity (Wildman–Crippen MR) is 87.7 cm³/mol. The standard InChI is InChI=1S/C17H22N4O2/c1-22-14-4-2-3-13(11-14)15-19-16(23-20-15)21-10-7-17(12-21)5-8-18-9-6-17/h2-4,11,18H,5-10,12H2,1H3. The molecule has 0 saturated carbocycles. The van der Waals surface area contributed by atoms with Gasteiger partial charge in [0.25, 0.3) is 0 Å². The van der Waals surface area contributed by atoms with Crippen LogP contribution in [-0.4, -0.2) is 43.4 Å². The van der Waals surface area contributed by atoms with E-state index in [0.29, 0.717) is 17.3 Å². The lowest BCUT2D eigenvalue weighted by molar-refractivity contribution is 0.231. The Kier molecular flexibility index (Phi) is 3.69. The van der Waals surface area contributed by atoms with E-state index in [2.05, 4.69) is 20.4 Å². The van der Waals surface area contributed by atoms with Crippen LogP contribution < -0.4 is 15.0 Å². The zero-order valence-corrected chi connectivity index (χ0v) is 13.4. The molecule has 6 heteroatoms. The first kappa shape index (κ1) is 14.5. The molecule has 2 fully saturated rings. The van der Waals surface area contributed by atoms with Gasteiger partial charge in [-0.15, -0.1) is 0 Å². The highest BCUT2D eigenvalue weighted by atomic mass is 16.5. The van der Waals surface area contributed by atoms with Gasteiger partial charge in [-0.25, -0.2) is 0 Å². The third kappa shape index (κ3) is 2.79. The van der Waals surface area contributed by atoms with E-state index in [1.54, 1.807) is 7.11 Å². The number of rotatable bonds is 3. The van der Waals surface area contributed by atoms with E-state index < -0.39 is 0 Å². The minimum Gasteiger partial charge on any atom is -0.497 e. The molecule has 0 unspecified atom stereocenters. The highest BCUT2D eigenvalue weighted by Gasteiger charge is 2.40. The molecule has 23 heavy (non-hydrogen) atoms. The molecule has 2 aliphatic heterocycles. The van der Waals surface area contributed by atoms with E-state index in [4.69, 9.17) is 9.26 Å². The lowest BCUT2D eigenvalue weighted by Gasteiger charge is -2.33. The third-order valence-corrected chi connectivity index (χ3v) is 5.12. The summed E-state index contributed by atoms with van der Waals surface area (Å²) >= 11 is 0. The number of nitrogens with one attached hydrogen (secondary N) is 1. The highest BCUT2D eigenvalue weighted by molar-refractivity contribution is 5.58. The van der Waals surface area contributed by atoms with E-state index >= 15 is 0 Å². The summed E-state index contributed by atoms with van der Waals surface area (Å²) in [7, 11) is 1.66. The predicted octanol–water partition coefficient (Wildman–Crippen LogP) is 2.33. The number of hydrogen-bond acceptors (Lipinski definition) is 6. The monoisotopic (exact) mass is 314 g/mol. The Hall–Kier alpha value is -2.08. The smallest absolute Gasteiger partial charge is 0.324 e. The van der Waals surface area contributed by atoms with E-state index in [9.17, 15) is 0 Å². The molecule has 1 N–H and O–H groups in total. The van der Waals surface area contributed by atoms with Gasteiger partial charge in [0, 0.05) is 18.7 Å². The zero-order valence-electron chi connectivity index (χ0n) is 13.4. The Labute approximate surface area is 135 Å². The molecule has 0 amide bonds. The van der Waals surface area contributed by atoms with Gasteiger partial charge in [0.1, 0.15) is 5.75 Å². The SMILES string of the molecule is COc1cccc(-c2noc(N3CCC4(CCNCC4)C3)n2)c1. The average molecular weight is 314 g/mol. The molecule has 3 heterocycles. The fraction of sp³-hybridized carbons (Fsp3) is 0.529. The molecule has 2 saturated heterocycles. The van der Waals surface area contributed by atoms with Crippen LogP contribution in [0.1, 0.15) is 19.3 Å². The maximum Gasteiger partial charge on any atom is 0.324 e. The second-order valence-electron chi connectivity index (χ2n) is 6.55. The van der Waals surface area contributed by atoms with E-state index in [0.717, 1.165) is 37.5 Å². The first-order valence-electron chi connectivity index (χ1n) is 8.22. The number of anilines is 1. The minimum atomic E-state index is 0.426. The largest absolute Gasteiger partial charge is 0.497 e. The summed E-state index contributed by atoms with van der Waals surface area (Å²) in [6, 6.07) is 8.37. The molecule has 6 nitrogen and oxygen atoms in total. The van der Waals surface area contributed by atoms with Crippen molar-refractivity contribution in [3.8, 4) is 17.1 Å². The molecule has 1 aromatic heterocycles. The lowest BCUT2D eigenvalue weighted by atomic mass is 9.78. The second kappa shape index (κ2) is 5.85. The maximum absolute atomic E-state index is 5.52. The van der Waals surface area contributed by atoms with E-state index in [1.807, 2.05) is 24.3 Å². The van der Waals surface area contributed by atoms with Gasteiger partial charge < -0.3 is 19.5 Å².